The van der Waals surface area contributed by atoms with E-state index in [4.69, 9.17) is 11.6 Å². The molecule has 4 heteroatoms. The highest BCUT2D eigenvalue weighted by Gasteiger charge is 2.17. The molecule has 0 aromatic carbocycles. The van der Waals surface area contributed by atoms with Gasteiger partial charge in [0.15, 0.2) is 4.47 Å². The molecule has 0 saturated carbocycles. The minimum absolute atomic E-state index is 0.542. The maximum absolute atomic E-state index is 5.78. The summed E-state index contributed by atoms with van der Waals surface area (Å²) in [5.74, 6) is 0. The van der Waals surface area contributed by atoms with Crippen LogP contribution in [-0.2, 0) is 13.0 Å². The van der Waals surface area contributed by atoms with Crippen LogP contribution in [0, 0.1) is 0 Å². The molecule has 11 heavy (non-hydrogen) atoms. The summed E-state index contributed by atoms with van der Waals surface area (Å²) in [6.07, 6.45) is 1.01. The first-order valence-electron chi connectivity index (χ1n) is 3.63. The lowest BCUT2D eigenvalue weighted by atomic mass is 10.1. The summed E-state index contributed by atoms with van der Waals surface area (Å²) in [6, 6.07) is 0.542. The van der Waals surface area contributed by atoms with Crippen LogP contribution in [0.1, 0.15) is 17.5 Å². The van der Waals surface area contributed by atoms with Gasteiger partial charge in [-0.15, -0.1) is 11.3 Å². The van der Waals surface area contributed by atoms with Crippen LogP contribution in [0.3, 0.4) is 0 Å². The third-order valence-electron chi connectivity index (χ3n) is 1.86. The summed E-state index contributed by atoms with van der Waals surface area (Å²) in [5.41, 5.74) is 1.19. The van der Waals surface area contributed by atoms with E-state index < -0.39 is 0 Å². The summed E-state index contributed by atoms with van der Waals surface area (Å²) in [5, 5.41) is 3.36. The molecule has 0 spiro atoms. The van der Waals surface area contributed by atoms with E-state index in [1.807, 2.05) is 0 Å². The highest BCUT2D eigenvalue weighted by Crippen LogP contribution is 2.26. The molecule has 0 fully saturated rings. The minimum Gasteiger partial charge on any atom is -0.309 e. The van der Waals surface area contributed by atoms with E-state index in [0.717, 1.165) is 13.0 Å². The highest BCUT2D eigenvalue weighted by atomic mass is 35.5. The Bertz CT molecular complexity index is 271. The number of nitrogens with zero attached hydrogens (tertiary/aromatic N) is 1. The lowest BCUT2D eigenvalue weighted by Crippen LogP contribution is -2.32. The smallest absolute Gasteiger partial charge is 0.184 e. The van der Waals surface area contributed by atoms with Crippen LogP contribution in [-0.4, -0.2) is 11.0 Å². The third-order valence-corrected chi connectivity index (χ3v) is 3.06. The van der Waals surface area contributed by atoms with Crippen LogP contribution >= 0.6 is 22.9 Å². The van der Waals surface area contributed by atoms with Gasteiger partial charge in [-0.1, -0.05) is 11.6 Å². The molecule has 0 saturated heterocycles. The summed E-state index contributed by atoms with van der Waals surface area (Å²) in [6.45, 7) is 3.09. The highest BCUT2D eigenvalue weighted by molar-refractivity contribution is 7.15. The number of halogens is 1. The molecular weight excluding hydrogens is 180 g/mol. The van der Waals surface area contributed by atoms with Crippen LogP contribution in [0.15, 0.2) is 0 Å². The molecule has 1 N–H and O–H groups in total. The Kier molecular flexibility index (Phi) is 1.87. The maximum Gasteiger partial charge on any atom is 0.184 e. The van der Waals surface area contributed by atoms with Crippen molar-refractivity contribution in [3.63, 3.8) is 0 Å². The number of rotatable bonds is 0. The Balaban J connectivity index is 2.34. The van der Waals surface area contributed by atoms with Crippen molar-refractivity contribution in [2.75, 3.05) is 0 Å². The Labute approximate surface area is 74.6 Å². The van der Waals surface area contributed by atoms with Gasteiger partial charge in [0.1, 0.15) is 0 Å². The van der Waals surface area contributed by atoms with Crippen molar-refractivity contribution in [1.82, 2.24) is 10.3 Å². The monoisotopic (exact) mass is 188 g/mol. The summed E-state index contributed by atoms with van der Waals surface area (Å²) < 4.78 is 0.672. The minimum atomic E-state index is 0.542. The van der Waals surface area contributed by atoms with E-state index in [1.165, 1.54) is 10.6 Å². The number of nitrogens with one attached hydrogen (secondary N) is 1. The van der Waals surface area contributed by atoms with Crippen molar-refractivity contribution in [1.29, 1.82) is 0 Å². The second-order valence-corrected chi connectivity index (χ2v) is 4.49. The van der Waals surface area contributed by atoms with E-state index >= 15 is 0 Å². The average Bonchev–Trinajstić information content (AvgIpc) is 2.27. The van der Waals surface area contributed by atoms with Crippen LogP contribution in [0.5, 0.6) is 0 Å². The molecule has 0 radical (unpaired) electrons. The average molecular weight is 189 g/mol. The molecule has 2 heterocycles. The van der Waals surface area contributed by atoms with Gasteiger partial charge in [-0.25, -0.2) is 4.98 Å². The number of hydrogen-bond donors (Lipinski definition) is 1. The fourth-order valence-corrected chi connectivity index (χ4v) is 2.42. The van der Waals surface area contributed by atoms with Crippen LogP contribution in [0.2, 0.25) is 4.47 Å². The van der Waals surface area contributed by atoms with Crippen molar-refractivity contribution < 1.29 is 0 Å². The molecular formula is C7H9ClN2S. The van der Waals surface area contributed by atoms with Crippen molar-refractivity contribution >= 4 is 22.9 Å². The predicted molar refractivity (Wildman–Crippen MR) is 47.1 cm³/mol. The van der Waals surface area contributed by atoms with Gasteiger partial charge in [0, 0.05) is 23.9 Å². The zero-order valence-corrected chi connectivity index (χ0v) is 7.80. The molecule has 1 aromatic rings. The zero-order valence-electron chi connectivity index (χ0n) is 6.22. The van der Waals surface area contributed by atoms with Crippen molar-refractivity contribution in [3.8, 4) is 0 Å². The molecule has 1 aliphatic heterocycles. The molecule has 1 aromatic heterocycles. The van der Waals surface area contributed by atoms with Gasteiger partial charge in [0.2, 0.25) is 0 Å². The van der Waals surface area contributed by atoms with Crippen molar-refractivity contribution in [3.05, 3.63) is 15.0 Å². The molecule has 0 aliphatic carbocycles. The second-order valence-electron chi connectivity index (χ2n) is 2.82. The van der Waals surface area contributed by atoms with E-state index in [2.05, 4.69) is 17.2 Å². The zero-order chi connectivity index (χ0) is 7.84. The first-order valence-corrected chi connectivity index (χ1v) is 4.82. The largest absolute Gasteiger partial charge is 0.309 e. The molecule has 60 valence electrons. The first kappa shape index (κ1) is 7.53. The van der Waals surface area contributed by atoms with Crippen molar-refractivity contribution in [2.24, 2.45) is 0 Å². The van der Waals surface area contributed by atoms with Gasteiger partial charge in [-0.05, 0) is 6.92 Å². The van der Waals surface area contributed by atoms with Gasteiger partial charge < -0.3 is 5.32 Å². The molecule has 0 unspecified atom stereocenters. The van der Waals surface area contributed by atoms with Gasteiger partial charge >= 0.3 is 0 Å². The van der Waals surface area contributed by atoms with Crippen LogP contribution < -0.4 is 5.32 Å². The Morgan fingerprint density at radius 2 is 2.55 bits per heavy atom. The number of fused-ring (bicyclic) bond motifs is 1. The number of aromatic nitrogens is 1. The Morgan fingerprint density at radius 3 is 3.36 bits per heavy atom. The predicted octanol–water partition coefficient (Wildman–Crippen LogP) is 1.83. The molecule has 2 nitrogen and oxygen atoms in total. The fraction of sp³-hybridized carbons (Fsp3) is 0.571. The summed E-state index contributed by atoms with van der Waals surface area (Å²) in [7, 11) is 0. The van der Waals surface area contributed by atoms with Gasteiger partial charge in [0.05, 0.1) is 5.69 Å². The van der Waals surface area contributed by atoms with E-state index in [1.54, 1.807) is 11.3 Å². The first-order chi connectivity index (χ1) is 5.25. The molecule has 1 atom stereocenters. The van der Waals surface area contributed by atoms with Gasteiger partial charge in [0.25, 0.3) is 0 Å². The number of thiazole rings is 1. The topological polar surface area (TPSA) is 24.9 Å². The van der Waals surface area contributed by atoms with Gasteiger partial charge in [-0.2, -0.15) is 0 Å². The normalized spacial score (nSPS) is 23.3. The standard InChI is InChI=1S/C7H9ClN2S/c1-4-2-5-6(3-9-4)11-7(8)10-5/h4,9H,2-3H2,1H3/t4-/m1/s1. The quantitative estimate of drug-likeness (QED) is 0.672. The second kappa shape index (κ2) is 2.73. The molecule has 0 bridgehead atoms. The fourth-order valence-electron chi connectivity index (χ4n) is 1.28. The van der Waals surface area contributed by atoms with Gasteiger partial charge in [-0.3, -0.25) is 0 Å². The lowest BCUT2D eigenvalue weighted by molar-refractivity contribution is 0.513. The summed E-state index contributed by atoms with van der Waals surface area (Å²) >= 11 is 7.36. The summed E-state index contributed by atoms with van der Waals surface area (Å²) in [4.78, 5) is 5.54. The Morgan fingerprint density at radius 1 is 1.73 bits per heavy atom. The van der Waals surface area contributed by atoms with E-state index in [0.29, 0.717) is 10.5 Å². The molecule has 0 amide bonds. The van der Waals surface area contributed by atoms with Crippen LogP contribution in [0.4, 0.5) is 0 Å². The lowest BCUT2D eigenvalue weighted by Gasteiger charge is -2.18. The third kappa shape index (κ3) is 1.41. The SMILES string of the molecule is C[C@@H]1Cc2nc(Cl)sc2CN1. The molecule has 2 rings (SSSR count). The van der Waals surface area contributed by atoms with E-state index in [-0.39, 0.29) is 0 Å². The van der Waals surface area contributed by atoms with E-state index in [9.17, 15) is 0 Å². The number of hydrogen-bond acceptors (Lipinski definition) is 3. The molecule has 1 aliphatic rings. The van der Waals surface area contributed by atoms with Crippen molar-refractivity contribution in [2.45, 2.75) is 25.9 Å². The maximum atomic E-state index is 5.78. The Hall–Kier alpha value is -0.120. The van der Waals surface area contributed by atoms with Crippen LogP contribution in [0.25, 0.3) is 0 Å².